The van der Waals surface area contributed by atoms with Gasteiger partial charge in [0, 0.05) is 4.75 Å². The lowest BCUT2D eigenvalue weighted by Gasteiger charge is -2.17. The van der Waals surface area contributed by atoms with Crippen molar-refractivity contribution in [1.82, 2.24) is 0 Å². The summed E-state index contributed by atoms with van der Waals surface area (Å²) in [5, 5.41) is 2.88. The second kappa shape index (κ2) is 6.69. The topological polar surface area (TPSA) is 38.3 Å². The zero-order valence-electron chi connectivity index (χ0n) is 11.4. The predicted octanol–water partition coefficient (Wildman–Crippen LogP) is 3.56. The maximum atomic E-state index is 11.8. The van der Waals surface area contributed by atoms with Crippen LogP contribution in [0.15, 0.2) is 24.3 Å². The van der Waals surface area contributed by atoms with Crippen LogP contribution in [0.4, 0.5) is 5.69 Å². The van der Waals surface area contributed by atoms with Crippen LogP contribution in [0.5, 0.6) is 5.75 Å². The van der Waals surface area contributed by atoms with Crippen LogP contribution >= 0.6 is 11.8 Å². The second-order valence-electron chi connectivity index (χ2n) is 4.88. The number of nitrogens with one attached hydrogen (secondary N) is 1. The highest BCUT2D eigenvalue weighted by Crippen LogP contribution is 2.26. The van der Waals surface area contributed by atoms with E-state index in [1.54, 1.807) is 11.8 Å². The summed E-state index contributed by atoms with van der Waals surface area (Å²) in [6, 6.07) is 7.49. The van der Waals surface area contributed by atoms with Crippen molar-refractivity contribution in [3.05, 3.63) is 24.3 Å². The Labute approximate surface area is 113 Å². The van der Waals surface area contributed by atoms with Gasteiger partial charge >= 0.3 is 0 Å². The zero-order chi connectivity index (χ0) is 13.6. The minimum atomic E-state index is 0.00192. The second-order valence-corrected chi connectivity index (χ2v) is 6.68. The summed E-state index contributed by atoms with van der Waals surface area (Å²) in [4.78, 5) is 11.8. The molecule has 1 rings (SSSR count). The minimum absolute atomic E-state index is 0.00192. The van der Waals surface area contributed by atoms with Gasteiger partial charge in [0.25, 0.3) is 0 Å². The Morgan fingerprint density at radius 1 is 1.33 bits per heavy atom. The average molecular weight is 267 g/mol. The lowest BCUT2D eigenvalue weighted by atomic mass is 10.3. The van der Waals surface area contributed by atoms with Crippen molar-refractivity contribution in [2.24, 2.45) is 0 Å². The maximum Gasteiger partial charge on any atom is 0.234 e. The standard InChI is InChI=1S/C14H21NO2S/c1-5-17-12-9-7-6-8-11(12)15-13(16)10-18-14(2,3)4/h6-9H,5,10H2,1-4H3,(H,15,16). The normalized spacial score (nSPS) is 11.1. The zero-order valence-corrected chi connectivity index (χ0v) is 12.3. The average Bonchev–Trinajstić information content (AvgIpc) is 2.29. The van der Waals surface area contributed by atoms with E-state index in [4.69, 9.17) is 4.74 Å². The number of carbonyl (C=O) groups excluding carboxylic acids is 1. The van der Waals surface area contributed by atoms with Crippen molar-refractivity contribution in [3.8, 4) is 5.75 Å². The van der Waals surface area contributed by atoms with Crippen molar-refractivity contribution >= 4 is 23.4 Å². The number of hydrogen-bond acceptors (Lipinski definition) is 3. The fourth-order valence-corrected chi connectivity index (χ4v) is 1.96. The fraction of sp³-hybridized carbons (Fsp3) is 0.500. The number of benzene rings is 1. The van der Waals surface area contributed by atoms with Crippen LogP contribution < -0.4 is 10.1 Å². The molecule has 0 radical (unpaired) electrons. The van der Waals surface area contributed by atoms with E-state index in [-0.39, 0.29) is 10.7 Å². The van der Waals surface area contributed by atoms with Gasteiger partial charge in [0.05, 0.1) is 18.0 Å². The Morgan fingerprint density at radius 3 is 2.61 bits per heavy atom. The van der Waals surface area contributed by atoms with Gasteiger partial charge in [-0.05, 0) is 19.1 Å². The molecular weight excluding hydrogens is 246 g/mol. The molecule has 0 aliphatic rings. The van der Waals surface area contributed by atoms with Crippen LogP contribution in [0.2, 0.25) is 0 Å². The van der Waals surface area contributed by atoms with Gasteiger partial charge < -0.3 is 10.1 Å². The van der Waals surface area contributed by atoms with E-state index in [0.29, 0.717) is 18.1 Å². The molecule has 0 heterocycles. The SMILES string of the molecule is CCOc1ccccc1NC(=O)CSC(C)(C)C. The van der Waals surface area contributed by atoms with E-state index in [2.05, 4.69) is 26.1 Å². The van der Waals surface area contributed by atoms with Crippen LogP contribution in [0.25, 0.3) is 0 Å². The Morgan fingerprint density at radius 2 is 2.00 bits per heavy atom. The van der Waals surface area contributed by atoms with Crippen LogP contribution in [0.3, 0.4) is 0 Å². The monoisotopic (exact) mass is 267 g/mol. The Kier molecular flexibility index (Phi) is 5.54. The number of ether oxygens (including phenoxy) is 1. The Bertz CT molecular complexity index is 399. The van der Waals surface area contributed by atoms with Gasteiger partial charge in [0.15, 0.2) is 0 Å². The molecule has 0 saturated carbocycles. The number of hydrogen-bond donors (Lipinski definition) is 1. The predicted molar refractivity (Wildman–Crippen MR) is 78.5 cm³/mol. The van der Waals surface area contributed by atoms with Crippen LogP contribution in [0, 0.1) is 0 Å². The van der Waals surface area contributed by atoms with Gasteiger partial charge in [-0.2, -0.15) is 0 Å². The first-order valence-corrected chi connectivity index (χ1v) is 7.06. The van der Waals surface area contributed by atoms with E-state index >= 15 is 0 Å². The molecule has 0 aliphatic heterocycles. The summed E-state index contributed by atoms with van der Waals surface area (Å²) in [7, 11) is 0. The maximum absolute atomic E-state index is 11.8. The van der Waals surface area contributed by atoms with Crippen LogP contribution in [0.1, 0.15) is 27.7 Å². The molecule has 0 bridgehead atoms. The third-order valence-corrected chi connectivity index (χ3v) is 3.37. The minimum Gasteiger partial charge on any atom is -0.492 e. The first kappa shape index (κ1) is 14.9. The molecule has 3 nitrogen and oxygen atoms in total. The van der Waals surface area contributed by atoms with Crippen molar-refractivity contribution in [1.29, 1.82) is 0 Å². The summed E-state index contributed by atoms with van der Waals surface area (Å²) in [5.41, 5.74) is 0.735. The largest absolute Gasteiger partial charge is 0.492 e. The molecule has 0 aromatic heterocycles. The molecule has 0 saturated heterocycles. The Balaban J connectivity index is 2.59. The number of amides is 1. The van der Waals surface area contributed by atoms with E-state index in [1.165, 1.54) is 0 Å². The highest BCUT2D eigenvalue weighted by molar-refractivity contribution is 8.01. The lowest BCUT2D eigenvalue weighted by molar-refractivity contribution is -0.113. The van der Waals surface area contributed by atoms with Crippen molar-refractivity contribution in [3.63, 3.8) is 0 Å². The van der Waals surface area contributed by atoms with E-state index in [9.17, 15) is 4.79 Å². The molecule has 1 aromatic rings. The van der Waals surface area contributed by atoms with Crippen molar-refractivity contribution in [2.45, 2.75) is 32.4 Å². The first-order chi connectivity index (χ1) is 8.42. The van der Waals surface area contributed by atoms with Gasteiger partial charge in [0.1, 0.15) is 5.75 Å². The highest BCUT2D eigenvalue weighted by Gasteiger charge is 2.14. The van der Waals surface area contributed by atoms with Gasteiger partial charge in [-0.25, -0.2) is 0 Å². The summed E-state index contributed by atoms with van der Waals surface area (Å²) >= 11 is 1.63. The third-order valence-electron chi connectivity index (χ3n) is 2.10. The van der Waals surface area contributed by atoms with Crippen molar-refractivity contribution < 1.29 is 9.53 Å². The van der Waals surface area contributed by atoms with Gasteiger partial charge in [-0.1, -0.05) is 32.9 Å². The van der Waals surface area contributed by atoms with Crippen molar-refractivity contribution in [2.75, 3.05) is 17.7 Å². The Hall–Kier alpha value is -1.16. The quantitative estimate of drug-likeness (QED) is 0.886. The molecule has 0 atom stereocenters. The molecule has 1 amide bonds. The fourth-order valence-electron chi connectivity index (χ4n) is 1.32. The van der Waals surface area contributed by atoms with Gasteiger partial charge in [0.2, 0.25) is 5.91 Å². The van der Waals surface area contributed by atoms with Gasteiger partial charge in [-0.15, -0.1) is 11.8 Å². The number of anilines is 1. The number of carbonyl (C=O) groups is 1. The molecule has 4 heteroatoms. The molecule has 1 N–H and O–H groups in total. The first-order valence-electron chi connectivity index (χ1n) is 6.08. The van der Waals surface area contributed by atoms with Crippen LogP contribution in [-0.4, -0.2) is 23.0 Å². The molecule has 0 fully saturated rings. The third kappa shape index (κ3) is 5.45. The lowest BCUT2D eigenvalue weighted by Crippen LogP contribution is -2.19. The molecule has 100 valence electrons. The van der Waals surface area contributed by atoms with Gasteiger partial charge in [-0.3, -0.25) is 4.79 Å². The molecule has 18 heavy (non-hydrogen) atoms. The summed E-state index contributed by atoms with van der Waals surface area (Å²) in [5.74, 6) is 1.17. The summed E-state index contributed by atoms with van der Waals surface area (Å²) in [6.45, 7) is 8.80. The van der Waals surface area contributed by atoms with E-state index < -0.39 is 0 Å². The molecule has 0 spiro atoms. The van der Waals surface area contributed by atoms with E-state index in [0.717, 1.165) is 5.69 Å². The highest BCUT2D eigenvalue weighted by atomic mass is 32.2. The van der Waals surface area contributed by atoms with Crippen LogP contribution in [-0.2, 0) is 4.79 Å². The smallest absolute Gasteiger partial charge is 0.234 e. The number of thioether (sulfide) groups is 1. The number of rotatable bonds is 5. The summed E-state index contributed by atoms with van der Waals surface area (Å²) < 4.78 is 5.56. The molecule has 0 aliphatic carbocycles. The number of para-hydroxylation sites is 2. The van der Waals surface area contributed by atoms with E-state index in [1.807, 2.05) is 31.2 Å². The molecule has 0 unspecified atom stereocenters. The molecular formula is C14H21NO2S. The summed E-state index contributed by atoms with van der Waals surface area (Å²) in [6.07, 6.45) is 0. The molecule has 1 aromatic carbocycles.